The van der Waals surface area contributed by atoms with Gasteiger partial charge in [-0.05, 0) is 24.3 Å². The molecule has 0 N–H and O–H groups in total. The van der Waals surface area contributed by atoms with Crippen molar-refractivity contribution in [1.82, 2.24) is 0 Å². The predicted octanol–water partition coefficient (Wildman–Crippen LogP) is 1.83. The third kappa shape index (κ3) is 1.77. The summed E-state index contributed by atoms with van der Waals surface area (Å²) in [4.78, 5) is 0. The van der Waals surface area contributed by atoms with Gasteiger partial charge < -0.3 is 4.74 Å². The van der Waals surface area contributed by atoms with Crippen LogP contribution in [0.25, 0.3) is 0 Å². The molecule has 0 amide bonds. The van der Waals surface area contributed by atoms with Crippen LogP contribution >= 0.6 is 11.8 Å². The van der Waals surface area contributed by atoms with Gasteiger partial charge in [-0.25, -0.2) is 4.58 Å². The first-order valence-electron chi connectivity index (χ1n) is 4.66. The van der Waals surface area contributed by atoms with E-state index in [9.17, 15) is 0 Å². The number of hydrogen-bond donors (Lipinski definition) is 0. The Bertz CT molecular complexity index is 356. The zero-order chi connectivity index (χ0) is 9.97. The zero-order valence-corrected chi connectivity index (χ0v) is 9.30. The second kappa shape index (κ2) is 4.05. The van der Waals surface area contributed by atoms with E-state index in [1.165, 1.54) is 16.4 Å². The Hall–Kier alpha value is -0.960. The molecule has 0 fully saturated rings. The van der Waals surface area contributed by atoms with Crippen LogP contribution in [0.4, 0.5) is 0 Å². The van der Waals surface area contributed by atoms with Crippen molar-refractivity contribution in [2.75, 3.05) is 26.5 Å². The number of benzene rings is 1. The number of rotatable bonds is 2. The summed E-state index contributed by atoms with van der Waals surface area (Å²) in [5.74, 6) is 2.11. The molecular formula is C11H14NOS+. The molecular weight excluding hydrogens is 194 g/mol. The van der Waals surface area contributed by atoms with E-state index >= 15 is 0 Å². The highest BCUT2D eigenvalue weighted by molar-refractivity contribution is 8.14. The van der Waals surface area contributed by atoms with Crippen molar-refractivity contribution < 1.29 is 9.31 Å². The molecule has 0 unspecified atom stereocenters. The van der Waals surface area contributed by atoms with Crippen LogP contribution in [0.5, 0.6) is 5.75 Å². The lowest BCUT2D eigenvalue weighted by atomic mass is 10.2. The SMILES string of the molecule is COc1ccc(C2=[N+](C)CCS2)cc1. The monoisotopic (exact) mass is 208 g/mol. The molecule has 0 saturated heterocycles. The van der Waals surface area contributed by atoms with E-state index in [0.29, 0.717) is 0 Å². The molecule has 14 heavy (non-hydrogen) atoms. The second-order valence-electron chi connectivity index (χ2n) is 3.30. The van der Waals surface area contributed by atoms with E-state index < -0.39 is 0 Å². The van der Waals surface area contributed by atoms with Crippen molar-refractivity contribution in [3.05, 3.63) is 29.8 Å². The number of methoxy groups -OCH3 is 1. The van der Waals surface area contributed by atoms with Crippen LogP contribution in [0.15, 0.2) is 24.3 Å². The largest absolute Gasteiger partial charge is 0.497 e. The standard InChI is InChI=1S/C11H14NOS/c1-12-7-8-14-11(12)9-3-5-10(13-2)6-4-9/h3-6H,7-8H2,1-2H3/q+1. The summed E-state index contributed by atoms with van der Waals surface area (Å²) in [5.41, 5.74) is 1.29. The maximum absolute atomic E-state index is 5.13. The first-order chi connectivity index (χ1) is 6.81. The van der Waals surface area contributed by atoms with Gasteiger partial charge in [-0.1, -0.05) is 11.8 Å². The normalized spacial score (nSPS) is 16.1. The summed E-state index contributed by atoms with van der Waals surface area (Å²) < 4.78 is 7.43. The highest BCUT2D eigenvalue weighted by Gasteiger charge is 2.21. The molecule has 0 radical (unpaired) electrons. The first kappa shape index (κ1) is 9.59. The molecule has 0 aliphatic carbocycles. The van der Waals surface area contributed by atoms with Gasteiger partial charge in [-0.2, -0.15) is 0 Å². The molecule has 2 rings (SSSR count). The summed E-state index contributed by atoms with van der Waals surface area (Å²) in [5, 5.41) is 1.37. The van der Waals surface area contributed by atoms with Gasteiger partial charge in [0.05, 0.1) is 18.4 Å². The van der Waals surface area contributed by atoms with Crippen LogP contribution in [-0.4, -0.2) is 36.1 Å². The Morgan fingerprint density at radius 3 is 2.50 bits per heavy atom. The van der Waals surface area contributed by atoms with Crippen molar-refractivity contribution in [2.24, 2.45) is 0 Å². The summed E-state index contributed by atoms with van der Waals surface area (Å²) in [7, 11) is 3.83. The van der Waals surface area contributed by atoms with Crippen molar-refractivity contribution in [3.63, 3.8) is 0 Å². The van der Waals surface area contributed by atoms with Gasteiger partial charge in [0.25, 0.3) is 0 Å². The van der Waals surface area contributed by atoms with Gasteiger partial charge in [-0.15, -0.1) is 0 Å². The zero-order valence-electron chi connectivity index (χ0n) is 8.49. The minimum atomic E-state index is 0.917. The third-order valence-electron chi connectivity index (χ3n) is 2.35. The van der Waals surface area contributed by atoms with Crippen molar-refractivity contribution in [3.8, 4) is 5.75 Å². The van der Waals surface area contributed by atoms with Crippen molar-refractivity contribution in [1.29, 1.82) is 0 Å². The van der Waals surface area contributed by atoms with Gasteiger partial charge in [0.2, 0.25) is 5.04 Å². The molecule has 1 heterocycles. The maximum atomic E-state index is 5.13. The number of thioether (sulfide) groups is 1. The molecule has 74 valence electrons. The summed E-state index contributed by atoms with van der Waals surface area (Å²) in [6.07, 6.45) is 0. The average Bonchev–Trinajstić information content (AvgIpc) is 2.65. The van der Waals surface area contributed by atoms with Gasteiger partial charge in [-0.3, -0.25) is 0 Å². The lowest BCUT2D eigenvalue weighted by molar-refractivity contribution is -0.485. The molecule has 0 bridgehead atoms. The van der Waals surface area contributed by atoms with Crippen LogP contribution < -0.4 is 4.74 Å². The minimum Gasteiger partial charge on any atom is -0.497 e. The smallest absolute Gasteiger partial charge is 0.242 e. The number of hydrogen-bond acceptors (Lipinski definition) is 2. The van der Waals surface area contributed by atoms with Crippen LogP contribution in [-0.2, 0) is 0 Å². The van der Waals surface area contributed by atoms with Crippen LogP contribution in [0.2, 0.25) is 0 Å². The van der Waals surface area contributed by atoms with E-state index in [4.69, 9.17) is 4.74 Å². The van der Waals surface area contributed by atoms with E-state index in [2.05, 4.69) is 23.8 Å². The molecule has 1 aromatic rings. The van der Waals surface area contributed by atoms with E-state index in [-0.39, 0.29) is 0 Å². The quantitative estimate of drug-likeness (QED) is 0.687. The topological polar surface area (TPSA) is 12.2 Å². The van der Waals surface area contributed by atoms with E-state index in [1.54, 1.807) is 7.11 Å². The van der Waals surface area contributed by atoms with Crippen LogP contribution in [0.1, 0.15) is 5.56 Å². The lowest BCUT2D eigenvalue weighted by Crippen LogP contribution is -2.09. The Kier molecular flexibility index (Phi) is 2.77. The first-order valence-corrected chi connectivity index (χ1v) is 5.65. The summed E-state index contributed by atoms with van der Waals surface area (Å²) >= 11 is 1.92. The lowest BCUT2D eigenvalue weighted by Gasteiger charge is -2.00. The van der Waals surface area contributed by atoms with Crippen LogP contribution in [0, 0.1) is 0 Å². The molecule has 0 saturated carbocycles. The van der Waals surface area contributed by atoms with Crippen molar-refractivity contribution >= 4 is 16.8 Å². The fraction of sp³-hybridized carbons (Fsp3) is 0.364. The van der Waals surface area contributed by atoms with Crippen LogP contribution in [0.3, 0.4) is 0 Å². The fourth-order valence-electron chi connectivity index (χ4n) is 1.53. The Balaban J connectivity index is 2.29. The molecule has 0 atom stereocenters. The highest BCUT2D eigenvalue weighted by atomic mass is 32.2. The molecule has 1 aliphatic rings. The average molecular weight is 208 g/mol. The summed E-state index contributed by atoms with van der Waals surface area (Å²) in [6, 6.07) is 8.25. The summed E-state index contributed by atoms with van der Waals surface area (Å²) in [6.45, 7) is 1.14. The maximum Gasteiger partial charge on any atom is 0.242 e. The molecule has 1 aromatic carbocycles. The molecule has 0 spiro atoms. The highest BCUT2D eigenvalue weighted by Crippen LogP contribution is 2.20. The van der Waals surface area contributed by atoms with Gasteiger partial charge >= 0.3 is 0 Å². The second-order valence-corrected chi connectivity index (χ2v) is 4.39. The number of ether oxygens (including phenoxy) is 1. The van der Waals surface area contributed by atoms with Gasteiger partial charge in [0, 0.05) is 0 Å². The van der Waals surface area contributed by atoms with E-state index in [0.717, 1.165) is 12.3 Å². The Morgan fingerprint density at radius 1 is 1.29 bits per heavy atom. The fourth-order valence-corrected chi connectivity index (χ4v) is 2.70. The molecule has 2 nitrogen and oxygen atoms in total. The molecule has 3 heteroatoms. The van der Waals surface area contributed by atoms with E-state index in [1.807, 2.05) is 23.9 Å². The van der Waals surface area contributed by atoms with Gasteiger partial charge in [0.15, 0.2) is 6.54 Å². The Labute approximate surface area is 88.6 Å². The van der Waals surface area contributed by atoms with Gasteiger partial charge in [0.1, 0.15) is 12.8 Å². The minimum absolute atomic E-state index is 0.917. The molecule has 1 aliphatic heterocycles. The molecule has 0 aromatic heterocycles. The van der Waals surface area contributed by atoms with Crippen molar-refractivity contribution in [2.45, 2.75) is 0 Å². The Morgan fingerprint density at radius 2 is 2.00 bits per heavy atom. The third-order valence-corrected chi connectivity index (χ3v) is 3.56. The predicted molar refractivity (Wildman–Crippen MR) is 60.6 cm³/mol. The number of nitrogens with zero attached hydrogens (tertiary/aromatic N) is 1.